The molecule has 2 aromatic rings. The van der Waals surface area contributed by atoms with Gasteiger partial charge in [-0.3, -0.25) is 0 Å². The van der Waals surface area contributed by atoms with Gasteiger partial charge in [0.15, 0.2) is 0 Å². The van der Waals surface area contributed by atoms with Gasteiger partial charge in [0, 0.05) is 16.4 Å². The number of ether oxygens (including phenoxy) is 3. The SMILES string of the molecule is CC1(C)C(OC(=O)OC(C#N)c2cccc(Oc3ccccc3)c2)C1(C)C. The number of nitriles is 1. The molecule has 0 amide bonds. The molecule has 0 saturated heterocycles. The minimum absolute atomic E-state index is 0.113. The molecule has 5 nitrogen and oxygen atoms in total. The molecule has 0 bridgehead atoms. The predicted octanol–water partition coefficient (Wildman–Crippen LogP) is 5.63. The van der Waals surface area contributed by atoms with Crippen molar-refractivity contribution in [1.82, 2.24) is 0 Å². The van der Waals surface area contributed by atoms with Crippen molar-refractivity contribution in [1.29, 1.82) is 5.26 Å². The number of nitrogens with zero attached hydrogens (tertiary/aromatic N) is 1. The number of carbonyl (C=O) groups excluding carboxylic acids is 1. The van der Waals surface area contributed by atoms with Gasteiger partial charge in [-0.15, -0.1) is 0 Å². The van der Waals surface area contributed by atoms with Crippen LogP contribution in [0.3, 0.4) is 0 Å². The third-order valence-corrected chi connectivity index (χ3v) is 5.57. The van der Waals surface area contributed by atoms with Crippen LogP contribution >= 0.6 is 0 Å². The molecule has 1 aliphatic carbocycles. The van der Waals surface area contributed by atoms with Crippen LogP contribution in [0, 0.1) is 22.2 Å². The maximum atomic E-state index is 12.2. The second-order valence-electron chi connectivity index (χ2n) is 7.81. The molecule has 0 aromatic heterocycles. The lowest BCUT2D eigenvalue weighted by Crippen LogP contribution is -2.15. The molecule has 1 saturated carbocycles. The summed E-state index contributed by atoms with van der Waals surface area (Å²) in [5, 5.41) is 9.44. The Labute approximate surface area is 159 Å². The Kier molecular flexibility index (Phi) is 4.84. The Hall–Kier alpha value is -3.00. The van der Waals surface area contributed by atoms with E-state index in [9.17, 15) is 10.1 Å². The highest BCUT2D eigenvalue weighted by Crippen LogP contribution is 2.64. The molecular weight excluding hydrogens is 342 g/mol. The lowest BCUT2D eigenvalue weighted by atomic mass is 10.0. The monoisotopic (exact) mass is 365 g/mol. The summed E-state index contributed by atoms with van der Waals surface area (Å²) in [7, 11) is 0. The molecule has 5 heteroatoms. The Morgan fingerprint density at radius 2 is 1.63 bits per heavy atom. The minimum Gasteiger partial charge on any atom is -0.457 e. The van der Waals surface area contributed by atoms with Crippen LogP contribution in [0.25, 0.3) is 0 Å². The Balaban J connectivity index is 1.66. The van der Waals surface area contributed by atoms with Crippen molar-refractivity contribution < 1.29 is 19.0 Å². The fraction of sp³-hybridized carbons (Fsp3) is 0.364. The van der Waals surface area contributed by atoms with Crippen LogP contribution in [0.15, 0.2) is 54.6 Å². The van der Waals surface area contributed by atoms with E-state index >= 15 is 0 Å². The van der Waals surface area contributed by atoms with Gasteiger partial charge in [0.2, 0.25) is 6.10 Å². The van der Waals surface area contributed by atoms with Crippen molar-refractivity contribution >= 4 is 6.16 Å². The zero-order valence-electron chi connectivity index (χ0n) is 15.9. The van der Waals surface area contributed by atoms with E-state index in [1.807, 2.05) is 64.1 Å². The first-order valence-electron chi connectivity index (χ1n) is 8.85. The number of hydrogen-bond donors (Lipinski definition) is 0. The summed E-state index contributed by atoms with van der Waals surface area (Å²) in [5.41, 5.74) is 0.298. The molecule has 0 aliphatic heterocycles. The molecule has 1 atom stereocenters. The number of hydrogen-bond acceptors (Lipinski definition) is 5. The first-order valence-corrected chi connectivity index (χ1v) is 8.85. The molecule has 0 radical (unpaired) electrons. The fourth-order valence-corrected chi connectivity index (χ4v) is 3.19. The van der Waals surface area contributed by atoms with E-state index in [1.54, 1.807) is 24.3 Å². The van der Waals surface area contributed by atoms with E-state index in [0.29, 0.717) is 17.1 Å². The van der Waals surface area contributed by atoms with Crippen LogP contribution in [0.5, 0.6) is 11.5 Å². The largest absolute Gasteiger partial charge is 0.510 e. The van der Waals surface area contributed by atoms with Crippen molar-refractivity contribution in [3.05, 3.63) is 60.2 Å². The molecule has 1 fully saturated rings. The van der Waals surface area contributed by atoms with Crippen LogP contribution in [0.4, 0.5) is 4.79 Å². The zero-order chi connectivity index (χ0) is 19.7. The lowest BCUT2D eigenvalue weighted by molar-refractivity contribution is 0.0224. The Morgan fingerprint density at radius 1 is 1.00 bits per heavy atom. The van der Waals surface area contributed by atoms with Crippen LogP contribution < -0.4 is 4.74 Å². The van der Waals surface area contributed by atoms with Crippen LogP contribution in [-0.2, 0) is 9.47 Å². The Morgan fingerprint density at radius 3 is 2.22 bits per heavy atom. The van der Waals surface area contributed by atoms with E-state index in [4.69, 9.17) is 14.2 Å². The average Bonchev–Trinajstić information content (AvgIpc) is 3.02. The van der Waals surface area contributed by atoms with E-state index in [2.05, 4.69) is 0 Å². The van der Waals surface area contributed by atoms with E-state index in [-0.39, 0.29) is 16.9 Å². The van der Waals surface area contributed by atoms with Gasteiger partial charge in [-0.2, -0.15) is 5.26 Å². The highest BCUT2D eigenvalue weighted by Gasteiger charge is 2.68. The second kappa shape index (κ2) is 6.96. The van der Waals surface area contributed by atoms with Crippen molar-refractivity contribution in [2.24, 2.45) is 10.8 Å². The van der Waals surface area contributed by atoms with Gasteiger partial charge in [-0.25, -0.2) is 4.79 Å². The van der Waals surface area contributed by atoms with Crippen LogP contribution in [-0.4, -0.2) is 12.3 Å². The predicted molar refractivity (Wildman–Crippen MR) is 100 cm³/mol. The van der Waals surface area contributed by atoms with Crippen molar-refractivity contribution in [3.63, 3.8) is 0 Å². The van der Waals surface area contributed by atoms with Gasteiger partial charge in [0.25, 0.3) is 0 Å². The van der Waals surface area contributed by atoms with Crippen molar-refractivity contribution in [3.8, 4) is 17.6 Å². The van der Waals surface area contributed by atoms with Crippen LogP contribution in [0.1, 0.15) is 39.4 Å². The molecule has 0 N–H and O–H groups in total. The van der Waals surface area contributed by atoms with Gasteiger partial charge in [0.05, 0.1) is 0 Å². The highest BCUT2D eigenvalue weighted by molar-refractivity contribution is 5.62. The molecule has 0 spiro atoms. The van der Waals surface area contributed by atoms with E-state index < -0.39 is 12.3 Å². The normalized spacial score (nSPS) is 18.0. The van der Waals surface area contributed by atoms with Gasteiger partial charge in [-0.1, -0.05) is 58.0 Å². The number of para-hydroxylation sites is 1. The molecule has 0 heterocycles. The summed E-state index contributed by atoms with van der Waals surface area (Å²) in [6, 6.07) is 18.2. The quantitative estimate of drug-likeness (QED) is 0.642. The molecule has 2 aromatic carbocycles. The van der Waals surface area contributed by atoms with Crippen LogP contribution in [0.2, 0.25) is 0 Å². The molecular formula is C22H23NO4. The molecule has 140 valence electrons. The first kappa shape index (κ1) is 18.8. The third-order valence-electron chi connectivity index (χ3n) is 5.57. The zero-order valence-corrected chi connectivity index (χ0v) is 15.9. The van der Waals surface area contributed by atoms with Crippen molar-refractivity contribution in [2.75, 3.05) is 0 Å². The van der Waals surface area contributed by atoms with Crippen molar-refractivity contribution in [2.45, 2.75) is 39.9 Å². The summed E-state index contributed by atoms with van der Waals surface area (Å²) in [5.74, 6) is 1.24. The maximum absolute atomic E-state index is 12.2. The molecule has 1 unspecified atom stereocenters. The summed E-state index contributed by atoms with van der Waals surface area (Å²) in [6.07, 6.45) is -2.13. The standard InChI is InChI=1S/C22H23NO4/c1-21(2)19(22(21,3)4)27-20(24)26-18(14-23)15-9-8-12-17(13-15)25-16-10-6-5-7-11-16/h5-13,18-19H,1-4H3. The van der Waals surface area contributed by atoms with E-state index in [0.717, 1.165) is 0 Å². The lowest BCUT2D eigenvalue weighted by Gasteiger charge is -2.13. The van der Waals surface area contributed by atoms with Gasteiger partial charge in [-0.05, 0) is 24.3 Å². The maximum Gasteiger partial charge on any atom is 0.510 e. The molecule has 27 heavy (non-hydrogen) atoms. The minimum atomic E-state index is -1.07. The summed E-state index contributed by atoms with van der Waals surface area (Å²) in [6.45, 7) is 8.16. The highest BCUT2D eigenvalue weighted by atomic mass is 16.7. The Bertz CT molecular complexity index is 853. The van der Waals surface area contributed by atoms with Gasteiger partial charge < -0.3 is 14.2 Å². The smallest absolute Gasteiger partial charge is 0.457 e. The summed E-state index contributed by atoms with van der Waals surface area (Å²) in [4.78, 5) is 12.2. The number of benzene rings is 2. The third kappa shape index (κ3) is 3.75. The molecule has 1 aliphatic rings. The topological polar surface area (TPSA) is 68.5 Å². The fourth-order valence-electron chi connectivity index (χ4n) is 3.19. The number of carbonyl (C=O) groups is 1. The first-order chi connectivity index (χ1) is 12.8. The number of rotatable bonds is 5. The van der Waals surface area contributed by atoms with E-state index in [1.165, 1.54) is 0 Å². The average molecular weight is 365 g/mol. The van der Waals surface area contributed by atoms with Gasteiger partial charge in [0.1, 0.15) is 23.7 Å². The van der Waals surface area contributed by atoms with Gasteiger partial charge >= 0.3 is 6.16 Å². The summed E-state index contributed by atoms with van der Waals surface area (Å²) < 4.78 is 16.4. The molecule has 3 rings (SSSR count). The second-order valence-corrected chi connectivity index (χ2v) is 7.81. The summed E-state index contributed by atoms with van der Waals surface area (Å²) >= 11 is 0.